The first-order valence-corrected chi connectivity index (χ1v) is 13.0. The Bertz CT molecular complexity index is 1120. The lowest BCUT2D eigenvalue weighted by Crippen LogP contribution is -2.48. The molecule has 1 unspecified atom stereocenters. The van der Waals surface area contributed by atoms with E-state index < -0.39 is 16.9 Å². The van der Waals surface area contributed by atoms with E-state index in [0.29, 0.717) is 45.0 Å². The van der Waals surface area contributed by atoms with Crippen LogP contribution in [0.5, 0.6) is 0 Å². The van der Waals surface area contributed by atoms with Gasteiger partial charge in [-0.2, -0.15) is 0 Å². The monoisotopic (exact) mass is 498 g/mol. The highest BCUT2D eigenvalue weighted by atomic mass is 32.2. The van der Waals surface area contributed by atoms with Gasteiger partial charge in [0.25, 0.3) is 5.91 Å². The van der Waals surface area contributed by atoms with Crippen LogP contribution < -0.4 is 10.4 Å². The van der Waals surface area contributed by atoms with Gasteiger partial charge < -0.3 is 9.64 Å². The molecule has 2 aromatic carbocycles. The van der Waals surface area contributed by atoms with Gasteiger partial charge in [0.2, 0.25) is 0 Å². The van der Waals surface area contributed by atoms with Crippen LogP contribution in [0, 0.1) is 0 Å². The maximum atomic E-state index is 13.6. The van der Waals surface area contributed by atoms with E-state index in [9.17, 15) is 13.8 Å². The van der Waals surface area contributed by atoms with Crippen LogP contribution in [0.1, 0.15) is 27.9 Å². The molecule has 2 aromatic rings. The van der Waals surface area contributed by atoms with Crippen LogP contribution in [0.4, 0.5) is 10.5 Å². The Morgan fingerprint density at radius 2 is 1.86 bits per heavy atom. The smallest absolute Gasteiger partial charge is 0.324 e. The van der Waals surface area contributed by atoms with E-state index in [1.807, 2.05) is 28.6 Å². The van der Waals surface area contributed by atoms with Gasteiger partial charge >= 0.3 is 6.03 Å². The van der Waals surface area contributed by atoms with Crippen molar-refractivity contribution in [1.29, 1.82) is 0 Å². The molecule has 1 fully saturated rings. The second-order valence-corrected chi connectivity index (χ2v) is 9.81. The molecule has 2 N–H and O–H groups in total. The van der Waals surface area contributed by atoms with Crippen LogP contribution >= 0.6 is 0 Å². The van der Waals surface area contributed by atoms with Gasteiger partial charge in [-0.1, -0.05) is 30.3 Å². The minimum atomic E-state index is -0.991. The molecule has 186 valence electrons. The number of rotatable bonds is 6. The highest BCUT2D eigenvalue weighted by Gasteiger charge is 2.25. The highest BCUT2D eigenvalue weighted by Crippen LogP contribution is 2.28. The van der Waals surface area contributed by atoms with Gasteiger partial charge in [-0.25, -0.2) is 18.8 Å². The number of hydrogen-bond acceptors (Lipinski definition) is 5. The van der Waals surface area contributed by atoms with E-state index in [2.05, 4.69) is 6.08 Å². The Hall–Kier alpha value is -3.05. The zero-order valence-corrected chi connectivity index (χ0v) is 20.5. The van der Waals surface area contributed by atoms with E-state index in [4.69, 9.17) is 9.94 Å². The van der Waals surface area contributed by atoms with Crippen molar-refractivity contribution < 1.29 is 23.7 Å². The van der Waals surface area contributed by atoms with Crippen molar-refractivity contribution in [2.45, 2.75) is 13.0 Å². The van der Waals surface area contributed by atoms with Crippen LogP contribution in [0.15, 0.2) is 54.6 Å². The maximum Gasteiger partial charge on any atom is 0.324 e. The summed E-state index contributed by atoms with van der Waals surface area (Å²) in [5, 5.41) is 8.85. The van der Waals surface area contributed by atoms with Crippen molar-refractivity contribution in [3.63, 3.8) is 0 Å². The van der Waals surface area contributed by atoms with Gasteiger partial charge in [-0.3, -0.25) is 14.9 Å². The van der Waals surface area contributed by atoms with Crippen molar-refractivity contribution in [1.82, 2.24) is 14.7 Å². The van der Waals surface area contributed by atoms with Crippen LogP contribution in [-0.4, -0.2) is 76.2 Å². The van der Waals surface area contributed by atoms with Crippen LogP contribution in [0.3, 0.4) is 0 Å². The third-order valence-corrected chi connectivity index (χ3v) is 7.29. The number of morpholine rings is 1. The average molecular weight is 499 g/mol. The Morgan fingerprint density at radius 3 is 2.49 bits per heavy atom. The molecule has 0 radical (unpaired) electrons. The van der Waals surface area contributed by atoms with Crippen molar-refractivity contribution in [3.05, 3.63) is 71.3 Å². The molecule has 4 rings (SSSR count). The molecule has 3 amide bonds. The Balaban J connectivity index is 1.61. The van der Waals surface area contributed by atoms with Crippen molar-refractivity contribution >= 4 is 34.2 Å². The van der Waals surface area contributed by atoms with Gasteiger partial charge in [0.05, 0.1) is 30.7 Å². The molecule has 0 aliphatic carbocycles. The normalized spacial score (nSPS) is 17.4. The Labute approximate surface area is 207 Å². The standard InChI is InChI=1S/C25H30N4O5S/c1-35(33)28-11-9-20(10-12-28)22-3-2-4-23(17-22)29(25(31)27-13-15-34-16-14-27)18-19-5-7-21(8-6-19)24(30)26-32/h2-9,17,32H,10-16,18H2,1H3,(H,26,30). The fraction of sp³-hybridized carbons (Fsp3) is 0.360. The molecule has 10 heteroatoms. The van der Waals surface area contributed by atoms with Gasteiger partial charge in [-0.05, 0) is 47.4 Å². The van der Waals surface area contributed by atoms with E-state index in [1.165, 1.54) is 5.57 Å². The summed E-state index contributed by atoms with van der Waals surface area (Å²) in [5.74, 6) is -0.586. The predicted octanol–water partition coefficient (Wildman–Crippen LogP) is 2.65. The zero-order valence-electron chi connectivity index (χ0n) is 19.7. The molecule has 0 bridgehead atoms. The van der Waals surface area contributed by atoms with Gasteiger partial charge in [0.1, 0.15) is 0 Å². The summed E-state index contributed by atoms with van der Waals surface area (Å²) in [5.41, 5.74) is 5.80. The number of carbonyl (C=O) groups excluding carboxylic acids is 2. The first-order chi connectivity index (χ1) is 17.0. The fourth-order valence-electron chi connectivity index (χ4n) is 4.22. The summed E-state index contributed by atoms with van der Waals surface area (Å²) in [6, 6.07) is 14.6. The quantitative estimate of drug-likeness (QED) is 0.471. The van der Waals surface area contributed by atoms with E-state index in [1.54, 1.807) is 45.8 Å². The molecule has 2 heterocycles. The second-order valence-electron chi connectivity index (χ2n) is 8.45. The number of anilines is 1. The lowest BCUT2D eigenvalue weighted by atomic mass is 9.99. The molecule has 1 saturated heterocycles. The number of hydroxylamine groups is 1. The van der Waals surface area contributed by atoms with Gasteiger partial charge in [0.15, 0.2) is 0 Å². The topological polar surface area (TPSA) is 102 Å². The highest BCUT2D eigenvalue weighted by molar-refractivity contribution is 7.81. The number of nitrogens with zero attached hydrogens (tertiary/aromatic N) is 3. The lowest BCUT2D eigenvalue weighted by molar-refractivity contribution is 0.0548. The summed E-state index contributed by atoms with van der Waals surface area (Å²) in [6.45, 7) is 3.75. The van der Waals surface area contributed by atoms with Gasteiger partial charge in [-0.15, -0.1) is 0 Å². The second kappa shape index (κ2) is 11.6. The number of urea groups is 1. The van der Waals surface area contributed by atoms with Crippen molar-refractivity contribution in [2.24, 2.45) is 0 Å². The van der Waals surface area contributed by atoms with Crippen molar-refractivity contribution in [3.8, 4) is 0 Å². The summed E-state index contributed by atoms with van der Waals surface area (Å²) >= 11 is 0. The molecule has 0 aromatic heterocycles. The molecule has 0 spiro atoms. The SMILES string of the molecule is CS(=O)N1CC=C(c2cccc(N(Cc3ccc(C(=O)NO)cc3)C(=O)N3CCOCC3)c2)CC1. The molecule has 35 heavy (non-hydrogen) atoms. The first-order valence-electron chi connectivity index (χ1n) is 11.5. The number of ether oxygens (including phenoxy) is 1. The third-order valence-electron chi connectivity index (χ3n) is 6.23. The third kappa shape index (κ3) is 6.15. The first kappa shape index (κ1) is 25.1. The molecular weight excluding hydrogens is 468 g/mol. The molecule has 9 nitrogen and oxygen atoms in total. The van der Waals surface area contributed by atoms with Crippen molar-refractivity contribution in [2.75, 3.05) is 50.5 Å². The summed E-state index contributed by atoms with van der Waals surface area (Å²) in [6.07, 6.45) is 4.58. The minimum absolute atomic E-state index is 0.104. The summed E-state index contributed by atoms with van der Waals surface area (Å²) in [7, 11) is -0.991. The summed E-state index contributed by atoms with van der Waals surface area (Å²) < 4.78 is 19.1. The van der Waals surface area contributed by atoms with E-state index in [-0.39, 0.29) is 6.03 Å². The predicted molar refractivity (Wildman–Crippen MR) is 134 cm³/mol. The maximum absolute atomic E-state index is 13.6. The van der Waals surface area contributed by atoms with Crippen LogP contribution in [0.2, 0.25) is 0 Å². The molecule has 2 aliphatic rings. The van der Waals surface area contributed by atoms with E-state index in [0.717, 1.165) is 29.8 Å². The number of nitrogens with one attached hydrogen (secondary N) is 1. The van der Waals surface area contributed by atoms with Crippen LogP contribution in [-0.2, 0) is 22.3 Å². The number of benzene rings is 2. The fourth-order valence-corrected chi connectivity index (χ4v) is 4.86. The Morgan fingerprint density at radius 1 is 1.11 bits per heavy atom. The molecule has 0 saturated carbocycles. The zero-order chi connectivity index (χ0) is 24.8. The van der Waals surface area contributed by atoms with E-state index >= 15 is 0 Å². The Kier molecular flexibility index (Phi) is 8.29. The minimum Gasteiger partial charge on any atom is -0.378 e. The lowest BCUT2D eigenvalue weighted by Gasteiger charge is -2.33. The van der Waals surface area contributed by atoms with Gasteiger partial charge in [0, 0.05) is 43.7 Å². The average Bonchev–Trinajstić information content (AvgIpc) is 2.92. The largest absolute Gasteiger partial charge is 0.378 e. The summed E-state index contributed by atoms with van der Waals surface area (Å²) in [4.78, 5) is 28.8. The molecular formula is C25H30N4O5S. The number of hydrogen-bond donors (Lipinski definition) is 2. The molecule has 1 atom stereocenters. The molecule has 2 aliphatic heterocycles. The number of amides is 3. The van der Waals surface area contributed by atoms with Crippen LogP contribution in [0.25, 0.3) is 5.57 Å². The number of carbonyl (C=O) groups is 2.